The summed E-state index contributed by atoms with van der Waals surface area (Å²) in [6.07, 6.45) is -0.864. The van der Waals surface area contributed by atoms with E-state index in [1.807, 2.05) is 4.90 Å². The van der Waals surface area contributed by atoms with Crippen molar-refractivity contribution in [1.29, 1.82) is 0 Å². The third-order valence-electron chi connectivity index (χ3n) is 6.05. The Bertz CT molecular complexity index is 676. The first kappa shape index (κ1) is 39.1. The third-order valence-corrected chi connectivity index (χ3v) is 6.05. The van der Waals surface area contributed by atoms with E-state index in [9.17, 15) is 34.8 Å². The van der Waals surface area contributed by atoms with Crippen LogP contribution in [0.2, 0.25) is 0 Å². The van der Waals surface area contributed by atoms with E-state index < -0.39 is 35.8 Å². The summed E-state index contributed by atoms with van der Waals surface area (Å²) in [5.41, 5.74) is 0. The van der Waals surface area contributed by atoms with Crippen LogP contribution < -0.4 is 71.9 Å². The summed E-state index contributed by atoms with van der Waals surface area (Å²) in [7, 11) is 0. The number of hydrogen-bond acceptors (Lipinski definition) is 13. The second-order valence-electron chi connectivity index (χ2n) is 9.14. The fourth-order valence-electron chi connectivity index (χ4n) is 4.09. The van der Waals surface area contributed by atoms with Crippen molar-refractivity contribution < 1.29 is 101 Å². The van der Waals surface area contributed by atoms with Crippen LogP contribution in [-0.4, -0.2) is 146 Å². The summed E-state index contributed by atoms with van der Waals surface area (Å²) >= 11 is 0. The molecule has 2 aliphatic heterocycles. The van der Waals surface area contributed by atoms with E-state index in [-0.39, 0.29) is 116 Å². The van der Waals surface area contributed by atoms with Gasteiger partial charge in [-0.3, -0.25) is 19.6 Å². The zero-order chi connectivity index (χ0) is 25.3. The van der Waals surface area contributed by atoms with Crippen LogP contribution in [-0.2, 0) is 23.9 Å². The van der Waals surface area contributed by atoms with Crippen molar-refractivity contribution in [2.45, 2.75) is 31.8 Å². The van der Waals surface area contributed by atoms with E-state index in [1.54, 1.807) is 28.5 Å². The Balaban J connectivity index is 0. The van der Waals surface area contributed by atoms with E-state index in [4.69, 9.17) is 9.47 Å². The quantitative estimate of drug-likeness (QED) is 0.322. The number of carbonyl (C=O) groups excluding carboxylic acids is 3. The maximum Gasteiger partial charge on any atom is 1.00 e. The first-order valence-electron chi connectivity index (χ1n) is 11.4. The summed E-state index contributed by atoms with van der Waals surface area (Å²) in [5.74, 6) is -4.65. The molecule has 0 aromatic rings. The molecule has 0 radical (unpaired) electrons. The topological polar surface area (TPSA) is 172 Å². The van der Waals surface area contributed by atoms with Gasteiger partial charge in [-0.1, -0.05) is 0 Å². The van der Waals surface area contributed by atoms with Crippen molar-refractivity contribution in [2.24, 2.45) is 0 Å². The molecule has 2 unspecified atom stereocenters. The fraction of sp³-hybridized carbons (Fsp3) is 0.857. The Morgan fingerprint density at radius 2 is 1.03 bits per heavy atom. The maximum absolute atomic E-state index is 11.3. The number of hydrogen-bond donors (Lipinski definition) is 1. The molecule has 0 saturated carbocycles. The van der Waals surface area contributed by atoms with Crippen LogP contribution in [0.3, 0.4) is 0 Å². The molecule has 0 spiro atoms. The number of aliphatic hydroxyl groups excluding tert-OH is 1. The van der Waals surface area contributed by atoms with Crippen LogP contribution in [0.1, 0.15) is 13.8 Å². The predicted octanol–water partition coefficient (Wildman–Crippen LogP) is -15.0. The molecule has 0 aromatic heterocycles. The Morgan fingerprint density at radius 3 is 1.38 bits per heavy atom. The van der Waals surface area contributed by atoms with Crippen molar-refractivity contribution >= 4 is 17.9 Å². The maximum atomic E-state index is 11.3. The second-order valence-corrected chi connectivity index (χ2v) is 9.14. The van der Waals surface area contributed by atoms with Crippen molar-refractivity contribution in [2.75, 3.05) is 85.2 Å². The smallest absolute Gasteiger partial charge is 0.549 e. The van der Waals surface area contributed by atoms with Gasteiger partial charge in [0.15, 0.2) is 5.79 Å². The van der Waals surface area contributed by atoms with E-state index in [0.717, 1.165) is 0 Å². The van der Waals surface area contributed by atoms with Crippen LogP contribution in [0.15, 0.2) is 0 Å². The predicted molar refractivity (Wildman–Crippen MR) is 112 cm³/mol. The molecule has 0 aromatic carbocycles. The minimum Gasteiger partial charge on any atom is -0.549 e. The average molecular weight is 508 g/mol. The van der Waals surface area contributed by atoms with Crippen LogP contribution >= 0.6 is 0 Å². The van der Waals surface area contributed by atoms with Crippen molar-refractivity contribution in [3.8, 4) is 0 Å². The zero-order valence-corrected chi connectivity index (χ0v) is 22.8. The van der Waals surface area contributed by atoms with Gasteiger partial charge in [0.2, 0.25) is 0 Å². The summed E-state index contributed by atoms with van der Waals surface area (Å²) in [4.78, 5) is 40.5. The van der Waals surface area contributed by atoms with Gasteiger partial charge in [0.25, 0.3) is 0 Å². The van der Waals surface area contributed by atoms with Crippen LogP contribution in [0.5, 0.6) is 0 Å². The standard InChI is InChI=1S/C21H38N4O9.3Li/c1-21(2)33-14-16(17(26)15-34-21)25-9-7-23(12-19(29)30)5-3-22(11-18(27)28)4-6-24(8-10-25)13-20(31)32;;;/h16-17,26H,3-15H2,1-2H3,(H,27,28)(H,29,30)(H,31,32);;;/q;3*+1/p-3. The minimum absolute atomic E-state index is 0. The molecule has 13 nitrogen and oxygen atoms in total. The molecule has 2 aliphatic rings. The molecule has 2 fully saturated rings. The largest absolute Gasteiger partial charge is 1.00 e. The average Bonchev–Trinajstić information content (AvgIpc) is 2.85. The third kappa shape index (κ3) is 15.3. The van der Waals surface area contributed by atoms with Gasteiger partial charge in [-0.2, -0.15) is 0 Å². The summed E-state index contributed by atoms with van der Waals surface area (Å²) in [6, 6.07) is -0.450. The van der Waals surface area contributed by atoms with Crippen LogP contribution in [0.25, 0.3) is 0 Å². The number of nitrogens with zero attached hydrogens (tertiary/aromatic N) is 4. The van der Waals surface area contributed by atoms with Crippen molar-refractivity contribution in [3.63, 3.8) is 0 Å². The number of aliphatic hydroxyl groups is 1. The number of carbonyl (C=O) groups is 3. The second kappa shape index (κ2) is 19.1. The van der Waals surface area contributed by atoms with Gasteiger partial charge in [0.1, 0.15) is 0 Å². The Kier molecular flexibility index (Phi) is 20.1. The molecule has 2 rings (SSSR count). The number of aliphatic carboxylic acids is 3. The summed E-state index contributed by atoms with van der Waals surface area (Å²) < 4.78 is 11.4. The monoisotopic (exact) mass is 508 g/mol. The molecule has 0 bridgehead atoms. The number of carboxylic acid groups (broad SMARTS) is 3. The number of ether oxygens (including phenoxy) is 2. The Morgan fingerprint density at radius 1 is 0.703 bits per heavy atom. The first-order chi connectivity index (χ1) is 15.9. The first-order valence-corrected chi connectivity index (χ1v) is 11.4. The van der Waals surface area contributed by atoms with E-state index in [1.165, 1.54) is 0 Å². The molecule has 1 N–H and O–H groups in total. The molecule has 37 heavy (non-hydrogen) atoms. The molecular formula is C21H35Li3N4O9. The van der Waals surface area contributed by atoms with Gasteiger partial charge in [-0.15, -0.1) is 0 Å². The van der Waals surface area contributed by atoms with Gasteiger partial charge < -0.3 is 44.3 Å². The van der Waals surface area contributed by atoms with Gasteiger partial charge in [0.05, 0.1) is 43.3 Å². The van der Waals surface area contributed by atoms with E-state index in [2.05, 4.69) is 0 Å². The molecule has 196 valence electrons. The molecule has 2 heterocycles. The van der Waals surface area contributed by atoms with Crippen molar-refractivity contribution in [1.82, 2.24) is 19.6 Å². The molecule has 0 aliphatic carbocycles. The van der Waals surface area contributed by atoms with Gasteiger partial charge in [-0.25, -0.2) is 0 Å². The molecule has 2 saturated heterocycles. The van der Waals surface area contributed by atoms with E-state index in [0.29, 0.717) is 26.2 Å². The van der Waals surface area contributed by atoms with Crippen LogP contribution in [0.4, 0.5) is 0 Å². The summed E-state index contributed by atoms with van der Waals surface area (Å²) in [6.45, 7) is 5.06. The van der Waals surface area contributed by atoms with Gasteiger partial charge in [0, 0.05) is 72.0 Å². The van der Waals surface area contributed by atoms with Gasteiger partial charge >= 0.3 is 56.6 Å². The number of rotatable bonds is 7. The summed E-state index contributed by atoms with van der Waals surface area (Å²) in [5, 5.41) is 44.4. The molecule has 0 amide bonds. The Labute approximate surface area is 254 Å². The van der Waals surface area contributed by atoms with Crippen molar-refractivity contribution in [3.05, 3.63) is 0 Å². The normalized spacial score (nSPS) is 25.1. The SMILES string of the molecule is CC1(C)OCC(O)C(N2CCN(CC(=O)[O-])CCN(CC(=O)[O-])CCN(CC(=O)[O-])CC2)CO1.[Li+].[Li+].[Li+]. The molecule has 16 heteroatoms. The zero-order valence-electron chi connectivity index (χ0n) is 22.8. The molecular weight excluding hydrogens is 473 g/mol. The molecule has 2 atom stereocenters. The van der Waals surface area contributed by atoms with Crippen LogP contribution in [0, 0.1) is 0 Å². The minimum atomic E-state index is -1.27. The Hall–Kier alpha value is -0.0778. The van der Waals surface area contributed by atoms with E-state index >= 15 is 0 Å². The van der Waals surface area contributed by atoms with Gasteiger partial charge in [-0.05, 0) is 13.8 Å². The number of carboxylic acids is 3. The fourth-order valence-corrected chi connectivity index (χ4v) is 4.09.